The van der Waals surface area contributed by atoms with E-state index in [1.807, 2.05) is 19.9 Å². The number of nitrogens with two attached hydrogens (primary N) is 1. The predicted octanol–water partition coefficient (Wildman–Crippen LogP) is 1.84. The normalized spacial score (nSPS) is 10.0. The molecule has 0 saturated heterocycles. The van der Waals surface area contributed by atoms with Gasteiger partial charge in [0, 0.05) is 5.69 Å². The SMILES string of the molecule is CCc1cc(C)c(N)cc1C(=O)O. The highest BCUT2D eigenvalue weighted by Gasteiger charge is 2.10. The maximum Gasteiger partial charge on any atom is 0.336 e. The van der Waals surface area contributed by atoms with E-state index in [9.17, 15) is 4.79 Å². The van der Waals surface area contributed by atoms with E-state index in [2.05, 4.69) is 0 Å². The summed E-state index contributed by atoms with van der Waals surface area (Å²) < 4.78 is 0. The Labute approximate surface area is 77.2 Å². The first-order valence-corrected chi connectivity index (χ1v) is 4.18. The average molecular weight is 179 g/mol. The van der Waals surface area contributed by atoms with Crippen LogP contribution in [0.15, 0.2) is 12.1 Å². The minimum absolute atomic E-state index is 0.311. The third-order valence-electron chi connectivity index (χ3n) is 2.10. The van der Waals surface area contributed by atoms with Crippen LogP contribution >= 0.6 is 0 Å². The van der Waals surface area contributed by atoms with Gasteiger partial charge in [0.15, 0.2) is 0 Å². The third kappa shape index (κ3) is 1.80. The Morgan fingerprint density at radius 2 is 2.15 bits per heavy atom. The van der Waals surface area contributed by atoms with E-state index in [-0.39, 0.29) is 0 Å². The summed E-state index contributed by atoms with van der Waals surface area (Å²) in [5, 5.41) is 8.86. The lowest BCUT2D eigenvalue weighted by molar-refractivity contribution is 0.0696. The quantitative estimate of drug-likeness (QED) is 0.681. The molecule has 13 heavy (non-hydrogen) atoms. The van der Waals surface area contributed by atoms with E-state index in [0.717, 1.165) is 11.1 Å². The molecule has 0 aliphatic carbocycles. The standard InChI is InChI=1S/C10H13NO2/c1-3-7-4-6(2)9(11)5-8(7)10(12)13/h4-5H,3,11H2,1-2H3,(H,12,13). The summed E-state index contributed by atoms with van der Waals surface area (Å²) >= 11 is 0. The molecule has 0 radical (unpaired) electrons. The van der Waals surface area contributed by atoms with Crippen LogP contribution in [0.1, 0.15) is 28.4 Å². The molecule has 1 aromatic carbocycles. The number of carboxylic acids is 1. The van der Waals surface area contributed by atoms with Crippen molar-refractivity contribution in [3.63, 3.8) is 0 Å². The van der Waals surface area contributed by atoms with Crippen LogP contribution in [0.5, 0.6) is 0 Å². The Balaban J connectivity index is 3.33. The lowest BCUT2D eigenvalue weighted by atomic mass is 10.0. The van der Waals surface area contributed by atoms with Crippen molar-refractivity contribution in [2.45, 2.75) is 20.3 Å². The second kappa shape index (κ2) is 3.47. The third-order valence-corrected chi connectivity index (χ3v) is 2.10. The van der Waals surface area contributed by atoms with Gasteiger partial charge in [0.05, 0.1) is 5.56 Å². The summed E-state index contributed by atoms with van der Waals surface area (Å²) in [5.74, 6) is -0.913. The van der Waals surface area contributed by atoms with E-state index in [1.165, 1.54) is 6.07 Å². The topological polar surface area (TPSA) is 63.3 Å². The van der Waals surface area contributed by atoms with E-state index >= 15 is 0 Å². The molecule has 0 atom stereocenters. The molecule has 0 aliphatic rings. The molecule has 3 N–H and O–H groups in total. The van der Waals surface area contributed by atoms with Crippen LogP contribution in [-0.4, -0.2) is 11.1 Å². The average Bonchev–Trinajstić information content (AvgIpc) is 2.08. The highest BCUT2D eigenvalue weighted by Crippen LogP contribution is 2.18. The fourth-order valence-corrected chi connectivity index (χ4v) is 1.28. The first kappa shape index (κ1) is 9.58. The molecule has 0 amide bonds. The fraction of sp³-hybridized carbons (Fsp3) is 0.300. The molecule has 0 spiro atoms. The Bertz CT molecular complexity index is 345. The largest absolute Gasteiger partial charge is 0.478 e. The van der Waals surface area contributed by atoms with Gasteiger partial charge in [0.1, 0.15) is 0 Å². The number of aryl methyl sites for hydroxylation is 2. The van der Waals surface area contributed by atoms with Crippen LogP contribution in [-0.2, 0) is 6.42 Å². The lowest BCUT2D eigenvalue weighted by Crippen LogP contribution is -2.04. The summed E-state index contributed by atoms with van der Waals surface area (Å²) in [6.45, 7) is 3.80. The van der Waals surface area contributed by atoms with Crippen molar-refractivity contribution in [3.8, 4) is 0 Å². The molecule has 70 valence electrons. The molecule has 0 unspecified atom stereocenters. The first-order chi connectivity index (χ1) is 6.06. The van der Waals surface area contributed by atoms with Gasteiger partial charge in [-0.3, -0.25) is 0 Å². The van der Waals surface area contributed by atoms with Crippen LogP contribution in [0.25, 0.3) is 0 Å². The van der Waals surface area contributed by atoms with Crippen LogP contribution in [0.2, 0.25) is 0 Å². The molecule has 3 nitrogen and oxygen atoms in total. The minimum Gasteiger partial charge on any atom is -0.478 e. The van der Waals surface area contributed by atoms with Gasteiger partial charge in [0.2, 0.25) is 0 Å². The summed E-state index contributed by atoms with van der Waals surface area (Å²) in [6, 6.07) is 3.36. The van der Waals surface area contributed by atoms with Crippen molar-refractivity contribution >= 4 is 11.7 Å². The number of carboxylic acid groups (broad SMARTS) is 1. The van der Waals surface area contributed by atoms with Crippen molar-refractivity contribution in [2.75, 3.05) is 5.73 Å². The summed E-state index contributed by atoms with van der Waals surface area (Å²) in [6.07, 6.45) is 0.711. The molecule has 1 aromatic rings. The Hall–Kier alpha value is -1.51. The van der Waals surface area contributed by atoms with Gasteiger partial charge in [-0.1, -0.05) is 13.0 Å². The van der Waals surface area contributed by atoms with E-state index in [1.54, 1.807) is 0 Å². The second-order valence-electron chi connectivity index (χ2n) is 3.02. The number of hydrogen-bond donors (Lipinski definition) is 2. The number of hydrogen-bond acceptors (Lipinski definition) is 2. The lowest BCUT2D eigenvalue weighted by Gasteiger charge is -2.07. The Kier molecular flexibility index (Phi) is 2.56. The molecule has 0 saturated carbocycles. The number of anilines is 1. The number of carbonyl (C=O) groups is 1. The van der Waals surface area contributed by atoms with Gasteiger partial charge in [-0.15, -0.1) is 0 Å². The molecule has 0 fully saturated rings. The van der Waals surface area contributed by atoms with Crippen LogP contribution in [0.3, 0.4) is 0 Å². The molecular formula is C10H13NO2. The van der Waals surface area contributed by atoms with Crippen LogP contribution in [0, 0.1) is 6.92 Å². The zero-order valence-corrected chi connectivity index (χ0v) is 7.79. The van der Waals surface area contributed by atoms with Crippen molar-refractivity contribution in [1.29, 1.82) is 0 Å². The maximum atomic E-state index is 10.8. The minimum atomic E-state index is -0.913. The maximum absolute atomic E-state index is 10.8. The smallest absolute Gasteiger partial charge is 0.336 e. The van der Waals surface area contributed by atoms with E-state index < -0.39 is 5.97 Å². The first-order valence-electron chi connectivity index (χ1n) is 4.18. The molecule has 0 aromatic heterocycles. The van der Waals surface area contributed by atoms with Gasteiger partial charge < -0.3 is 10.8 Å². The monoisotopic (exact) mass is 179 g/mol. The Morgan fingerprint density at radius 1 is 1.54 bits per heavy atom. The summed E-state index contributed by atoms with van der Waals surface area (Å²) in [5.41, 5.74) is 8.23. The van der Waals surface area contributed by atoms with Crippen LogP contribution in [0.4, 0.5) is 5.69 Å². The predicted molar refractivity (Wildman–Crippen MR) is 51.9 cm³/mol. The van der Waals surface area contributed by atoms with Gasteiger partial charge in [-0.05, 0) is 30.5 Å². The van der Waals surface area contributed by atoms with Gasteiger partial charge in [-0.25, -0.2) is 4.79 Å². The fourth-order valence-electron chi connectivity index (χ4n) is 1.28. The molecule has 1 rings (SSSR count). The van der Waals surface area contributed by atoms with E-state index in [4.69, 9.17) is 10.8 Å². The summed E-state index contributed by atoms with van der Waals surface area (Å²) in [4.78, 5) is 10.8. The number of aromatic carboxylic acids is 1. The molecule has 3 heteroatoms. The van der Waals surface area contributed by atoms with Crippen molar-refractivity contribution in [2.24, 2.45) is 0 Å². The van der Waals surface area contributed by atoms with Gasteiger partial charge in [0.25, 0.3) is 0 Å². The summed E-state index contributed by atoms with van der Waals surface area (Å²) in [7, 11) is 0. The van der Waals surface area contributed by atoms with Gasteiger partial charge >= 0.3 is 5.97 Å². The van der Waals surface area contributed by atoms with Crippen LogP contribution < -0.4 is 5.73 Å². The molecule has 0 heterocycles. The highest BCUT2D eigenvalue weighted by atomic mass is 16.4. The molecular weight excluding hydrogens is 166 g/mol. The second-order valence-corrected chi connectivity index (χ2v) is 3.02. The zero-order valence-electron chi connectivity index (χ0n) is 7.79. The van der Waals surface area contributed by atoms with Crippen molar-refractivity contribution in [3.05, 3.63) is 28.8 Å². The number of rotatable bonds is 2. The van der Waals surface area contributed by atoms with Crippen molar-refractivity contribution < 1.29 is 9.90 Å². The number of benzene rings is 1. The molecule has 0 bridgehead atoms. The molecule has 0 aliphatic heterocycles. The highest BCUT2D eigenvalue weighted by molar-refractivity contribution is 5.90. The van der Waals surface area contributed by atoms with Crippen molar-refractivity contribution in [1.82, 2.24) is 0 Å². The Morgan fingerprint density at radius 3 is 2.62 bits per heavy atom. The zero-order chi connectivity index (χ0) is 10.0. The number of nitrogen functional groups attached to an aromatic ring is 1. The van der Waals surface area contributed by atoms with Gasteiger partial charge in [-0.2, -0.15) is 0 Å². The van der Waals surface area contributed by atoms with E-state index in [0.29, 0.717) is 17.7 Å².